The first-order valence-corrected chi connectivity index (χ1v) is 10.4. The van der Waals surface area contributed by atoms with E-state index in [4.69, 9.17) is 9.72 Å². The number of carbonyl (C=O) groups is 3. The van der Waals surface area contributed by atoms with E-state index in [-0.39, 0.29) is 18.6 Å². The van der Waals surface area contributed by atoms with Gasteiger partial charge in [0, 0.05) is 18.7 Å². The van der Waals surface area contributed by atoms with E-state index in [9.17, 15) is 14.4 Å². The summed E-state index contributed by atoms with van der Waals surface area (Å²) in [7, 11) is 0. The van der Waals surface area contributed by atoms with Gasteiger partial charge in [-0.1, -0.05) is 36.4 Å². The summed E-state index contributed by atoms with van der Waals surface area (Å²) in [5.74, 6) is -0.680. The van der Waals surface area contributed by atoms with E-state index in [0.717, 1.165) is 16.3 Å². The van der Waals surface area contributed by atoms with Gasteiger partial charge in [0.05, 0.1) is 18.8 Å². The minimum absolute atomic E-state index is 0.276. The highest BCUT2D eigenvalue weighted by molar-refractivity contribution is 6.08. The van der Waals surface area contributed by atoms with Crippen molar-refractivity contribution in [1.29, 1.82) is 0 Å². The Morgan fingerprint density at radius 3 is 2.65 bits per heavy atom. The Balaban J connectivity index is 1.42. The van der Waals surface area contributed by atoms with E-state index in [1.807, 2.05) is 36.4 Å². The number of urea groups is 1. The Morgan fingerprint density at radius 2 is 1.94 bits per heavy atom. The molecule has 2 aromatic rings. The summed E-state index contributed by atoms with van der Waals surface area (Å²) in [6.45, 7) is 4.07. The third-order valence-corrected chi connectivity index (χ3v) is 5.54. The van der Waals surface area contributed by atoms with Gasteiger partial charge in [0.2, 0.25) is 5.91 Å². The van der Waals surface area contributed by atoms with Gasteiger partial charge < -0.3 is 15.0 Å². The van der Waals surface area contributed by atoms with E-state index in [2.05, 4.69) is 17.4 Å². The van der Waals surface area contributed by atoms with Crippen LogP contribution in [0.5, 0.6) is 0 Å². The quantitative estimate of drug-likeness (QED) is 0.743. The second-order valence-electron chi connectivity index (χ2n) is 8.36. The smallest absolute Gasteiger partial charge is 0.325 e. The van der Waals surface area contributed by atoms with Crippen molar-refractivity contribution in [1.82, 2.24) is 20.1 Å². The Kier molecular flexibility index (Phi) is 5.73. The van der Waals surface area contributed by atoms with Crippen molar-refractivity contribution in [2.24, 2.45) is 0 Å². The maximum Gasteiger partial charge on any atom is 0.325 e. The van der Waals surface area contributed by atoms with Crippen molar-refractivity contribution < 1.29 is 19.1 Å². The summed E-state index contributed by atoms with van der Waals surface area (Å²) in [5, 5.41) is 2.59. The first-order chi connectivity index (χ1) is 14.8. The number of morpholine rings is 1. The number of hydrogen-bond donors (Lipinski definition) is 1. The van der Waals surface area contributed by atoms with Gasteiger partial charge in [-0.05, 0) is 31.5 Å². The molecule has 4 amide bonds. The van der Waals surface area contributed by atoms with Crippen LogP contribution < -0.4 is 5.32 Å². The molecule has 1 N–H and O–H groups in total. The number of imide groups is 1. The Morgan fingerprint density at radius 1 is 1.16 bits per heavy atom. The van der Waals surface area contributed by atoms with Crippen LogP contribution in [0.4, 0.5) is 4.79 Å². The van der Waals surface area contributed by atoms with Gasteiger partial charge in [0.15, 0.2) is 0 Å². The summed E-state index contributed by atoms with van der Waals surface area (Å²) in [6, 6.07) is 15.4. The molecule has 8 nitrogen and oxygen atoms in total. The highest BCUT2D eigenvalue weighted by atomic mass is 16.5. The number of carbonyl (C=O) groups excluding carboxylic acids is 3. The normalized spacial score (nSPS) is 20.6. The number of rotatable bonds is 5. The summed E-state index contributed by atoms with van der Waals surface area (Å²) in [5.41, 5.74) is 1.87. The minimum Gasteiger partial charge on any atom is -0.368 e. The molecule has 1 aromatic carbocycles. The summed E-state index contributed by atoms with van der Waals surface area (Å²) in [4.78, 5) is 44.6. The van der Waals surface area contributed by atoms with Gasteiger partial charge in [0.25, 0.3) is 5.91 Å². The number of pyridine rings is 1. The Labute approximate surface area is 181 Å². The molecule has 0 aliphatic carbocycles. The average Bonchev–Trinajstić information content (AvgIpc) is 2.96. The highest BCUT2D eigenvalue weighted by Crippen LogP contribution is 2.23. The molecule has 0 spiro atoms. The van der Waals surface area contributed by atoms with Gasteiger partial charge in [-0.25, -0.2) is 4.79 Å². The van der Waals surface area contributed by atoms with Crippen LogP contribution in [0.3, 0.4) is 0 Å². The molecule has 0 radical (unpaired) electrons. The second kappa shape index (κ2) is 8.47. The predicted molar refractivity (Wildman–Crippen MR) is 113 cm³/mol. The van der Waals surface area contributed by atoms with Crippen LogP contribution >= 0.6 is 0 Å². The Hall–Kier alpha value is -3.26. The van der Waals surface area contributed by atoms with Crippen LogP contribution in [0.1, 0.15) is 36.9 Å². The molecule has 1 atom stereocenters. The molecule has 0 saturated carbocycles. The molecule has 1 aromatic heterocycles. The molecule has 3 heterocycles. The fourth-order valence-electron chi connectivity index (χ4n) is 3.83. The number of nitrogens with one attached hydrogen (secondary N) is 1. The zero-order valence-corrected chi connectivity index (χ0v) is 17.7. The standard InChI is InChI=1S/C23H26N4O4/c1-23(2)21(29)27(22(30)25-23)15-20(28)26-11-12-31-19(14-26)18-10-6-9-17(24-18)13-16-7-4-3-5-8-16/h3-10,19H,11-15H2,1-2H3,(H,25,30)/t19-/m1/s1. The third kappa shape index (κ3) is 4.59. The molecule has 8 heteroatoms. The van der Waals surface area contributed by atoms with Crippen LogP contribution in [-0.2, 0) is 20.7 Å². The molecular formula is C23H26N4O4. The maximum absolute atomic E-state index is 12.8. The van der Waals surface area contributed by atoms with Gasteiger partial charge >= 0.3 is 6.03 Å². The monoisotopic (exact) mass is 422 g/mol. The molecule has 2 fully saturated rings. The molecule has 2 saturated heterocycles. The molecule has 4 rings (SSSR count). The molecule has 2 aliphatic rings. The lowest BCUT2D eigenvalue weighted by molar-refractivity contribution is -0.143. The number of benzene rings is 1. The number of nitrogens with zero attached hydrogens (tertiary/aromatic N) is 3. The Bertz CT molecular complexity index is 992. The van der Waals surface area contributed by atoms with Crippen molar-refractivity contribution in [3.05, 3.63) is 65.5 Å². The van der Waals surface area contributed by atoms with E-state index in [1.54, 1.807) is 18.7 Å². The molecule has 162 valence electrons. The fraction of sp³-hybridized carbons (Fsp3) is 0.391. The van der Waals surface area contributed by atoms with Crippen molar-refractivity contribution in [3.63, 3.8) is 0 Å². The summed E-state index contributed by atoms with van der Waals surface area (Å²) >= 11 is 0. The van der Waals surface area contributed by atoms with Crippen LogP contribution in [0.2, 0.25) is 0 Å². The lowest BCUT2D eigenvalue weighted by Crippen LogP contribution is -2.48. The van der Waals surface area contributed by atoms with E-state index in [1.165, 1.54) is 5.56 Å². The van der Waals surface area contributed by atoms with Gasteiger partial charge in [0.1, 0.15) is 18.2 Å². The molecule has 2 aliphatic heterocycles. The number of ether oxygens (including phenoxy) is 1. The van der Waals surface area contributed by atoms with Crippen molar-refractivity contribution in [2.45, 2.75) is 31.9 Å². The van der Waals surface area contributed by atoms with E-state index >= 15 is 0 Å². The highest BCUT2D eigenvalue weighted by Gasteiger charge is 2.45. The van der Waals surface area contributed by atoms with Crippen LogP contribution in [0.25, 0.3) is 0 Å². The number of aromatic nitrogens is 1. The van der Waals surface area contributed by atoms with Crippen LogP contribution in [0, 0.1) is 0 Å². The van der Waals surface area contributed by atoms with Crippen molar-refractivity contribution in [2.75, 3.05) is 26.2 Å². The van der Waals surface area contributed by atoms with E-state index < -0.39 is 17.5 Å². The lowest BCUT2D eigenvalue weighted by atomic mass is 10.1. The zero-order valence-electron chi connectivity index (χ0n) is 17.7. The van der Waals surface area contributed by atoms with Crippen molar-refractivity contribution in [3.8, 4) is 0 Å². The number of hydrogen-bond acceptors (Lipinski definition) is 5. The third-order valence-electron chi connectivity index (χ3n) is 5.54. The molecule has 0 unspecified atom stereocenters. The average molecular weight is 422 g/mol. The topological polar surface area (TPSA) is 91.8 Å². The zero-order chi connectivity index (χ0) is 22.0. The van der Waals surface area contributed by atoms with Crippen LogP contribution in [-0.4, -0.2) is 64.4 Å². The predicted octanol–water partition coefficient (Wildman–Crippen LogP) is 1.90. The minimum atomic E-state index is -0.992. The lowest BCUT2D eigenvalue weighted by Gasteiger charge is -2.33. The molecule has 31 heavy (non-hydrogen) atoms. The summed E-state index contributed by atoms with van der Waals surface area (Å²) < 4.78 is 5.88. The second-order valence-corrected chi connectivity index (χ2v) is 8.36. The van der Waals surface area contributed by atoms with Gasteiger partial charge in [-0.15, -0.1) is 0 Å². The van der Waals surface area contributed by atoms with Gasteiger partial charge in [-0.2, -0.15) is 0 Å². The fourth-order valence-corrected chi connectivity index (χ4v) is 3.83. The number of amides is 4. The summed E-state index contributed by atoms with van der Waals surface area (Å²) in [6.07, 6.45) is 0.361. The van der Waals surface area contributed by atoms with Crippen molar-refractivity contribution >= 4 is 17.8 Å². The molecule has 0 bridgehead atoms. The maximum atomic E-state index is 12.8. The first-order valence-electron chi connectivity index (χ1n) is 10.4. The van der Waals surface area contributed by atoms with Gasteiger partial charge in [-0.3, -0.25) is 19.5 Å². The SMILES string of the molecule is CC1(C)NC(=O)N(CC(=O)N2CCO[C@@H](c3cccc(Cc4ccccc4)n3)C2)C1=O. The molecular weight excluding hydrogens is 396 g/mol. The first kappa shape index (κ1) is 21.0. The largest absolute Gasteiger partial charge is 0.368 e. The van der Waals surface area contributed by atoms with E-state index in [0.29, 0.717) is 26.1 Å². The van der Waals surface area contributed by atoms with Crippen LogP contribution in [0.15, 0.2) is 48.5 Å².